The summed E-state index contributed by atoms with van der Waals surface area (Å²) >= 11 is 0. The van der Waals surface area contributed by atoms with Crippen LogP contribution in [0.15, 0.2) is 54.6 Å². The first kappa shape index (κ1) is 20.4. The first-order valence-electron chi connectivity index (χ1n) is 9.48. The minimum atomic E-state index is -3.17. The van der Waals surface area contributed by atoms with Gasteiger partial charge < -0.3 is 10.2 Å². The van der Waals surface area contributed by atoms with E-state index in [1.54, 1.807) is 29.2 Å². The van der Waals surface area contributed by atoms with Crippen molar-refractivity contribution in [3.8, 4) is 0 Å². The van der Waals surface area contributed by atoms with Crippen molar-refractivity contribution in [1.29, 1.82) is 0 Å². The minimum absolute atomic E-state index is 0.0866. The normalized spacial score (nSPS) is 15.4. The van der Waals surface area contributed by atoms with Crippen LogP contribution in [0.4, 0.5) is 10.5 Å². The van der Waals surface area contributed by atoms with Gasteiger partial charge in [0.1, 0.15) is 0 Å². The van der Waals surface area contributed by atoms with E-state index < -0.39 is 9.84 Å². The first-order valence-corrected chi connectivity index (χ1v) is 11.5. The molecule has 2 aromatic rings. The maximum absolute atomic E-state index is 12.6. The van der Waals surface area contributed by atoms with Crippen LogP contribution in [0.2, 0.25) is 0 Å². The van der Waals surface area contributed by atoms with Crippen molar-refractivity contribution in [2.24, 2.45) is 0 Å². The third kappa shape index (κ3) is 6.07. The van der Waals surface area contributed by atoms with Crippen LogP contribution >= 0.6 is 0 Å². The average Bonchev–Trinajstić information content (AvgIpc) is 2.68. The molecule has 6 nitrogen and oxygen atoms in total. The number of nitrogens with zero attached hydrogens (tertiary/aromatic N) is 2. The number of sulfone groups is 1. The van der Waals surface area contributed by atoms with Crippen LogP contribution in [0.5, 0.6) is 0 Å². The molecular weight excluding hydrogens is 374 g/mol. The Morgan fingerprint density at radius 2 is 1.61 bits per heavy atom. The molecule has 1 N–H and O–H groups in total. The topological polar surface area (TPSA) is 69.7 Å². The van der Waals surface area contributed by atoms with Gasteiger partial charge >= 0.3 is 6.03 Å². The van der Waals surface area contributed by atoms with Gasteiger partial charge in [-0.1, -0.05) is 48.5 Å². The maximum Gasteiger partial charge on any atom is 0.321 e. The highest BCUT2D eigenvalue weighted by Gasteiger charge is 2.21. The molecule has 2 amide bonds. The van der Waals surface area contributed by atoms with Gasteiger partial charge in [-0.15, -0.1) is 0 Å². The van der Waals surface area contributed by atoms with E-state index in [0.717, 1.165) is 26.1 Å². The van der Waals surface area contributed by atoms with Crippen LogP contribution in [0, 0.1) is 0 Å². The first-order chi connectivity index (χ1) is 13.4. The molecule has 0 aliphatic carbocycles. The zero-order chi connectivity index (χ0) is 20.0. The van der Waals surface area contributed by atoms with E-state index in [1.807, 2.05) is 6.07 Å². The lowest BCUT2D eigenvalue weighted by atomic mass is 10.1. The Labute approximate surface area is 167 Å². The second-order valence-electron chi connectivity index (χ2n) is 7.22. The summed E-state index contributed by atoms with van der Waals surface area (Å²) in [6, 6.07) is 17.3. The molecule has 0 bridgehead atoms. The predicted molar refractivity (Wildman–Crippen MR) is 112 cm³/mol. The second kappa shape index (κ2) is 9.21. The Hall–Kier alpha value is -2.38. The van der Waals surface area contributed by atoms with E-state index >= 15 is 0 Å². The number of amides is 2. The number of rotatable bonds is 6. The number of carbonyl (C=O) groups is 1. The highest BCUT2D eigenvalue weighted by Crippen LogP contribution is 2.18. The standard InChI is InChI=1S/C21H27N3O3S/c1-28(26,27)17-19-9-5-6-10-20(19)22-21(25)24-15-13-23(14-16-24)12-11-18-7-3-2-4-8-18/h2-10H,11-17H2,1H3,(H,22,25). The van der Waals surface area contributed by atoms with Crippen molar-refractivity contribution in [3.63, 3.8) is 0 Å². The van der Waals surface area contributed by atoms with Crippen LogP contribution in [0.1, 0.15) is 11.1 Å². The van der Waals surface area contributed by atoms with Gasteiger partial charge in [-0.3, -0.25) is 4.90 Å². The Morgan fingerprint density at radius 3 is 2.29 bits per heavy atom. The fourth-order valence-corrected chi connectivity index (χ4v) is 4.17. The van der Waals surface area contributed by atoms with Crippen molar-refractivity contribution < 1.29 is 13.2 Å². The summed E-state index contributed by atoms with van der Waals surface area (Å²) in [5.41, 5.74) is 2.49. The average molecular weight is 402 g/mol. The molecule has 1 aliphatic rings. The lowest BCUT2D eigenvalue weighted by molar-refractivity contribution is 0.148. The van der Waals surface area contributed by atoms with E-state index in [1.165, 1.54) is 11.8 Å². The predicted octanol–water partition coefficient (Wildman–Crippen LogP) is 2.62. The SMILES string of the molecule is CS(=O)(=O)Cc1ccccc1NC(=O)N1CCN(CCc2ccccc2)CC1. The molecular formula is C21H27N3O3S. The molecule has 0 radical (unpaired) electrons. The summed E-state index contributed by atoms with van der Waals surface area (Å²) in [6.45, 7) is 3.98. The Balaban J connectivity index is 1.50. The van der Waals surface area contributed by atoms with Crippen molar-refractivity contribution >= 4 is 21.6 Å². The summed E-state index contributed by atoms with van der Waals surface area (Å²) < 4.78 is 23.2. The zero-order valence-corrected chi connectivity index (χ0v) is 17.0. The van der Waals surface area contributed by atoms with Gasteiger partial charge in [0.25, 0.3) is 0 Å². The van der Waals surface area contributed by atoms with Crippen LogP contribution in [0.3, 0.4) is 0 Å². The highest BCUT2D eigenvalue weighted by atomic mass is 32.2. The Kier molecular flexibility index (Phi) is 6.70. The molecule has 0 saturated carbocycles. The van der Waals surface area contributed by atoms with Crippen LogP contribution in [-0.2, 0) is 22.0 Å². The number of para-hydroxylation sites is 1. The Morgan fingerprint density at radius 1 is 0.964 bits per heavy atom. The minimum Gasteiger partial charge on any atom is -0.322 e. The monoisotopic (exact) mass is 401 g/mol. The third-order valence-corrected chi connectivity index (χ3v) is 5.73. The molecule has 0 unspecified atom stereocenters. The molecule has 1 fully saturated rings. The number of carbonyl (C=O) groups excluding carboxylic acids is 1. The molecule has 2 aromatic carbocycles. The lowest BCUT2D eigenvalue weighted by Crippen LogP contribution is -2.50. The molecule has 1 aliphatic heterocycles. The molecule has 1 saturated heterocycles. The summed E-state index contributed by atoms with van der Waals surface area (Å²) in [5.74, 6) is -0.0866. The van der Waals surface area contributed by atoms with Crippen LogP contribution in [0.25, 0.3) is 0 Å². The molecule has 28 heavy (non-hydrogen) atoms. The van der Waals surface area contributed by atoms with Crippen molar-refractivity contribution in [2.45, 2.75) is 12.2 Å². The highest BCUT2D eigenvalue weighted by molar-refractivity contribution is 7.89. The van der Waals surface area contributed by atoms with Crippen molar-refractivity contribution in [1.82, 2.24) is 9.80 Å². The van der Waals surface area contributed by atoms with Gasteiger partial charge in [0.2, 0.25) is 0 Å². The lowest BCUT2D eigenvalue weighted by Gasteiger charge is -2.34. The van der Waals surface area contributed by atoms with Gasteiger partial charge in [-0.25, -0.2) is 13.2 Å². The second-order valence-corrected chi connectivity index (χ2v) is 9.36. The summed E-state index contributed by atoms with van der Waals surface area (Å²) in [5, 5.41) is 2.88. The van der Waals surface area contributed by atoms with E-state index in [4.69, 9.17) is 0 Å². The van der Waals surface area contributed by atoms with E-state index in [2.05, 4.69) is 34.5 Å². The van der Waals surface area contributed by atoms with E-state index in [0.29, 0.717) is 24.3 Å². The number of anilines is 1. The fraction of sp³-hybridized carbons (Fsp3) is 0.381. The molecule has 0 atom stereocenters. The number of piperazine rings is 1. The molecule has 1 heterocycles. The maximum atomic E-state index is 12.6. The Bertz CT molecular complexity index is 892. The number of benzene rings is 2. The zero-order valence-electron chi connectivity index (χ0n) is 16.2. The molecule has 0 spiro atoms. The summed E-state index contributed by atoms with van der Waals surface area (Å²) in [6.07, 6.45) is 2.20. The molecule has 150 valence electrons. The molecule has 0 aromatic heterocycles. The summed E-state index contributed by atoms with van der Waals surface area (Å²) in [7, 11) is -3.17. The molecule has 7 heteroatoms. The van der Waals surface area contributed by atoms with Crippen molar-refractivity contribution in [2.75, 3.05) is 44.3 Å². The smallest absolute Gasteiger partial charge is 0.321 e. The number of hydrogen-bond donors (Lipinski definition) is 1. The van der Waals surface area contributed by atoms with E-state index in [-0.39, 0.29) is 11.8 Å². The third-order valence-electron chi connectivity index (χ3n) is 4.90. The van der Waals surface area contributed by atoms with Gasteiger partial charge in [0, 0.05) is 44.7 Å². The number of urea groups is 1. The molecule has 3 rings (SSSR count). The fourth-order valence-electron chi connectivity index (χ4n) is 3.35. The quantitative estimate of drug-likeness (QED) is 0.808. The van der Waals surface area contributed by atoms with Crippen LogP contribution < -0.4 is 5.32 Å². The van der Waals surface area contributed by atoms with Crippen molar-refractivity contribution in [3.05, 3.63) is 65.7 Å². The number of nitrogens with one attached hydrogen (secondary N) is 1. The van der Waals surface area contributed by atoms with Gasteiger partial charge in [-0.05, 0) is 23.6 Å². The van der Waals surface area contributed by atoms with Gasteiger partial charge in [-0.2, -0.15) is 0 Å². The van der Waals surface area contributed by atoms with Crippen LogP contribution in [-0.4, -0.2) is 63.2 Å². The number of hydrogen-bond acceptors (Lipinski definition) is 4. The summed E-state index contributed by atoms with van der Waals surface area (Å²) in [4.78, 5) is 16.8. The van der Waals surface area contributed by atoms with Gasteiger partial charge in [0.05, 0.1) is 5.75 Å². The van der Waals surface area contributed by atoms with E-state index in [9.17, 15) is 13.2 Å². The largest absolute Gasteiger partial charge is 0.322 e. The van der Waals surface area contributed by atoms with Gasteiger partial charge in [0.15, 0.2) is 9.84 Å².